The molecule has 2 N–H and O–H groups in total. The molecule has 0 amide bonds. The van der Waals surface area contributed by atoms with Crippen LogP contribution in [0, 0.1) is 0 Å². The largest absolute Gasteiger partial charge is 0.330 e. The summed E-state index contributed by atoms with van der Waals surface area (Å²) in [6.07, 6.45) is 2.31. The van der Waals surface area contributed by atoms with Crippen LogP contribution < -0.4 is 5.73 Å². The number of hydrogen-bond acceptors (Lipinski definition) is 2. The predicted molar refractivity (Wildman–Crippen MR) is 41.4 cm³/mol. The van der Waals surface area contributed by atoms with E-state index in [0.29, 0.717) is 6.04 Å². The van der Waals surface area contributed by atoms with Crippen molar-refractivity contribution in [1.29, 1.82) is 0 Å². The van der Waals surface area contributed by atoms with Crippen LogP contribution in [0.15, 0.2) is 0 Å². The van der Waals surface area contributed by atoms with Gasteiger partial charge in [0.25, 0.3) is 0 Å². The van der Waals surface area contributed by atoms with Crippen molar-refractivity contribution in [2.45, 2.75) is 25.8 Å². The highest BCUT2D eigenvalue weighted by atomic mass is 15.1. The summed E-state index contributed by atoms with van der Waals surface area (Å²) in [5, 5.41) is 0. The molecule has 0 spiro atoms. The van der Waals surface area contributed by atoms with E-state index in [1.54, 1.807) is 0 Å². The third-order valence-electron chi connectivity index (χ3n) is 1.70. The molecule has 0 heterocycles. The van der Waals surface area contributed by atoms with Crippen molar-refractivity contribution >= 4 is 0 Å². The minimum atomic E-state index is 0.676. The van der Waals surface area contributed by atoms with Gasteiger partial charge in [-0.05, 0) is 33.5 Å². The Labute approximate surface area is 58.0 Å². The molecule has 2 nitrogen and oxygen atoms in total. The van der Waals surface area contributed by atoms with Gasteiger partial charge in [-0.3, -0.25) is 0 Å². The van der Waals surface area contributed by atoms with E-state index < -0.39 is 0 Å². The van der Waals surface area contributed by atoms with Crippen LogP contribution >= 0.6 is 0 Å². The lowest BCUT2D eigenvalue weighted by Crippen LogP contribution is -2.29. The van der Waals surface area contributed by atoms with Crippen LogP contribution in [-0.2, 0) is 0 Å². The molecule has 0 saturated carbocycles. The van der Waals surface area contributed by atoms with Crippen LogP contribution in [-0.4, -0.2) is 31.6 Å². The summed E-state index contributed by atoms with van der Waals surface area (Å²) >= 11 is 0. The van der Waals surface area contributed by atoms with Crippen LogP contribution in [0.2, 0.25) is 0 Å². The smallest absolute Gasteiger partial charge is 0.00985 e. The van der Waals surface area contributed by atoms with E-state index in [9.17, 15) is 0 Å². The van der Waals surface area contributed by atoms with Crippen LogP contribution in [0.25, 0.3) is 0 Å². The number of nitrogens with two attached hydrogens (primary N) is 1. The van der Waals surface area contributed by atoms with Crippen molar-refractivity contribution in [3.63, 3.8) is 0 Å². The lowest BCUT2D eigenvalue weighted by Gasteiger charge is -2.21. The van der Waals surface area contributed by atoms with Gasteiger partial charge in [0.2, 0.25) is 0 Å². The van der Waals surface area contributed by atoms with Crippen LogP contribution in [0.1, 0.15) is 19.8 Å². The summed E-state index contributed by atoms with van der Waals surface area (Å²) in [4.78, 5) is 2.23. The second-order valence-electron chi connectivity index (χ2n) is 2.60. The average Bonchev–Trinajstić information content (AvgIpc) is 1.82. The molecular weight excluding hydrogens is 112 g/mol. The Bertz CT molecular complexity index is 61.9. The summed E-state index contributed by atoms with van der Waals surface area (Å²) in [6, 6.07) is 0.676. The fourth-order valence-corrected chi connectivity index (χ4v) is 1.02. The second kappa shape index (κ2) is 4.77. The Morgan fingerprint density at radius 2 is 2.00 bits per heavy atom. The molecule has 0 bridgehead atoms. The monoisotopic (exact) mass is 130 g/mol. The van der Waals surface area contributed by atoms with E-state index in [2.05, 4.69) is 25.9 Å². The first-order valence-corrected chi connectivity index (χ1v) is 3.58. The molecule has 0 aliphatic rings. The van der Waals surface area contributed by atoms with Crippen molar-refractivity contribution < 1.29 is 0 Å². The summed E-state index contributed by atoms with van der Waals surface area (Å²) < 4.78 is 0. The molecule has 0 saturated heterocycles. The highest BCUT2D eigenvalue weighted by Crippen LogP contribution is 2.01. The van der Waals surface area contributed by atoms with Gasteiger partial charge in [0.1, 0.15) is 0 Å². The standard InChI is InChI=1S/C7H18N2/c1-4-7(5-6-8)9(2)3/h7H,4-6,8H2,1-3H3. The Hall–Kier alpha value is -0.0800. The van der Waals surface area contributed by atoms with E-state index in [-0.39, 0.29) is 0 Å². The molecule has 0 aromatic rings. The van der Waals surface area contributed by atoms with Gasteiger partial charge in [0, 0.05) is 6.04 Å². The van der Waals surface area contributed by atoms with Gasteiger partial charge in [-0.1, -0.05) is 6.92 Å². The molecule has 1 unspecified atom stereocenters. The van der Waals surface area contributed by atoms with Crippen molar-refractivity contribution in [1.82, 2.24) is 4.90 Å². The molecule has 0 rings (SSSR count). The fourth-order valence-electron chi connectivity index (χ4n) is 1.02. The Morgan fingerprint density at radius 3 is 2.11 bits per heavy atom. The van der Waals surface area contributed by atoms with Gasteiger partial charge in [-0.25, -0.2) is 0 Å². The first-order chi connectivity index (χ1) is 4.22. The third kappa shape index (κ3) is 3.49. The van der Waals surface area contributed by atoms with Crippen LogP contribution in [0.3, 0.4) is 0 Å². The van der Waals surface area contributed by atoms with Gasteiger partial charge in [0.15, 0.2) is 0 Å². The average molecular weight is 130 g/mol. The molecule has 0 aromatic heterocycles. The topological polar surface area (TPSA) is 29.3 Å². The van der Waals surface area contributed by atoms with Crippen LogP contribution in [0.4, 0.5) is 0 Å². The molecule has 56 valence electrons. The molecule has 9 heavy (non-hydrogen) atoms. The maximum absolute atomic E-state index is 5.42. The zero-order valence-electron chi connectivity index (χ0n) is 6.72. The summed E-state index contributed by atoms with van der Waals surface area (Å²) in [5.41, 5.74) is 5.42. The SMILES string of the molecule is CCC(CCN)N(C)C. The Morgan fingerprint density at radius 1 is 1.44 bits per heavy atom. The maximum atomic E-state index is 5.42. The number of nitrogens with zero attached hydrogens (tertiary/aromatic N) is 1. The maximum Gasteiger partial charge on any atom is 0.00985 e. The third-order valence-corrected chi connectivity index (χ3v) is 1.70. The first-order valence-electron chi connectivity index (χ1n) is 3.58. The van der Waals surface area contributed by atoms with Crippen molar-refractivity contribution in [2.75, 3.05) is 20.6 Å². The molecule has 0 aromatic carbocycles. The summed E-state index contributed by atoms with van der Waals surface area (Å²) in [5.74, 6) is 0. The predicted octanol–water partition coefficient (Wildman–Crippen LogP) is 0.675. The van der Waals surface area contributed by atoms with Gasteiger partial charge >= 0.3 is 0 Å². The lowest BCUT2D eigenvalue weighted by molar-refractivity contribution is 0.274. The van der Waals surface area contributed by atoms with E-state index in [4.69, 9.17) is 5.73 Å². The fraction of sp³-hybridized carbons (Fsp3) is 1.00. The van der Waals surface area contributed by atoms with Gasteiger partial charge < -0.3 is 10.6 Å². The van der Waals surface area contributed by atoms with E-state index in [1.165, 1.54) is 6.42 Å². The van der Waals surface area contributed by atoms with E-state index >= 15 is 0 Å². The zero-order valence-corrected chi connectivity index (χ0v) is 6.72. The molecule has 0 aliphatic carbocycles. The highest BCUT2D eigenvalue weighted by molar-refractivity contribution is 4.63. The van der Waals surface area contributed by atoms with Crippen LogP contribution in [0.5, 0.6) is 0 Å². The van der Waals surface area contributed by atoms with Crippen molar-refractivity contribution in [3.05, 3.63) is 0 Å². The minimum Gasteiger partial charge on any atom is -0.330 e. The molecule has 0 radical (unpaired) electrons. The first kappa shape index (κ1) is 8.92. The summed E-state index contributed by atoms with van der Waals surface area (Å²) in [6.45, 7) is 3.00. The number of hydrogen-bond donors (Lipinski definition) is 1. The Kier molecular flexibility index (Phi) is 4.72. The highest BCUT2D eigenvalue weighted by Gasteiger charge is 2.05. The number of rotatable bonds is 4. The van der Waals surface area contributed by atoms with E-state index in [1.807, 2.05) is 0 Å². The lowest BCUT2D eigenvalue weighted by atomic mass is 10.1. The molecular formula is C7H18N2. The normalized spacial score (nSPS) is 14.3. The van der Waals surface area contributed by atoms with E-state index in [0.717, 1.165) is 13.0 Å². The molecule has 0 aliphatic heterocycles. The van der Waals surface area contributed by atoms with Crippen molar-refractivity contribution in [3.8, 4) is 0 Å². The minimum absolute atomic E-state index is 0.676. The van der Waals surface area contributed by atoms with Gasteiger partial charge in [-0.2, -0.15) is 0 Å². The molecule has 2 heteroatoms. The van der Waals surface area contributed by atoms with Gasteiger partial charge in [-0.15, -0.1) is 0 Å². The Balaban J connectivity index is 3.41. The molecule has 0 fully saturated rings. The second-order valence-corrected chi connectivity index (χ2v) is 2.60. The zero-order chi connectivity index (χ0) is 7.28. The quantitative estimate of drug-likeness (QED) is 0.606. The van der Waals surface area contributed by atoms with Crippen molar-refractivity contribution in [2.24, 2.45) is 5.73 Å². The molecule has 1 atom stereocenters. The van der Waals surface area contributed by atoms with Gasteiger partial charge in [0.05, 0.1) is 0 Å². The summed E-state index contributed by atoms with van der Waals surface area (Å²) in [7, 11) is 4.20.